The summed E-state index contributed by atoms with van der Waals surface area (Å²) >= 11 is 0. The number of piperidine rings is 1. The van der Waals surface area contributed by atoms with Crippen LogP contribution in [-0.2, 0) is 16.1 Å². The molecule has 0 radical (unpaired) electrons. The van der Waals surface area contributed by atoms with Crippen molar-refractivity contribution in [1.29, 1.82) is 5.26 Å². The van der Waals surface area contributed by atoms with Gasteiger partial charge in [-0.2, -0.15) is 10.2 Å². The Balaban J connectivity index is 0.00000113. The number of amides is 1. The molecule has 0 spiro atoms. The van der Waals surface area contributed by atoms with Crippen LogP contribution in [0.5, 0.6) is 5.88 Å². The molecule has 2 bridgehead atoms. The number of benzene rings is 2. The van der Waals surface area contributed by atoms with Crippen molar-refractivity contribution in [2.45, 2.75) is 117 Å². The van der Waals surface area contributed by atoms with Gasteiger partial charge in [-0.05, 0) is 103 Å². The first-order chi connectivity index (χ1) is 29.2. The van der Waals surface area contributed by atoms with Crippen molar-refractivity contribution >= 4 is 48.2 Å². The van der Waals surface area contributed by atoms with E-state index in [1.54, 1.807) is 45.9 Å². The van der Waals surface area contributed by atoms with Gasteiger partial charge < -0.3 is 42.9 Å². The SMILES string of the molecule is CC.CCCSSCP.CN(CC1CCO1)C(CN1CCC2C[C@H]1CN2c1cccc(OCc2ccc(C#N)cc2F)n1)Nc1ccc(C(=O)NC(C)(C)OC(C)(C)N)cc1.[CH3-].[Cs+]. The maximum atomic E-state index is 14.4. The summed E-state index contributed by atoms with van der Waals surface area (Å²) < 4.78 is 31.9. The summed E-state index contributed by atoms with van der Waals surface area (Å²) in [5.74, 6) is 1.87. The van der Waals surface area contributed by atoms with Crippen molar-refractivity contribution < 1.29 is 92.3 Å². The van der Waals surface area contributed by atoms with Crippen molar-refractivity contribution in [3.8, 4) is 11.9 Å². The standard InChI is InChI=1S/C39H51FN8O4.C4H11PS2.C2H6.CH3.Cs/c1-38(2,42)52-39(3,4)45-37(49)27-11-13-29(14-12-27)43-35(46(5)23-32-16-18-50-32)24-47-17-15-30-20-31(47)22-48(30)34-7-6-8-36(44-34)51-25-28-10-9-26(21-41)19-33(28)40;1-2-3-6-7-4-5;1-2;;/h6-14,19,30-32,35,43H,15-18,20,22-25,42H2,1-5H3,(H,45,49);2-5H2,1H3;1-2H3;1H3;/q;;;-1;+1/t30?,31-,32?,35?;;;;/m0..../s1. The van der Waals surface area contributed by atoms with Gasteiger partial charge in [-0.25, -0.2) is 4.39 Å². The summed E-state index contributed by atoms with van der Waals surface area (Å²) in [5.41, 5.74) is 7.44. The molecule has 17 heteroatoms. The molecule has 4 heterocycles. The summed E-state index contributed by atoms with van der Waals surface area (Å²) in [7, 11) is 8.69. The molecule has 63 heavy (non-hydrogen) atoms. The fraction of sp³-hybridized carbons (Fsp3) is 0.565. The summed E-state index contributed by atoms with van der Waals surface area (Å²) in [6.07, 6.45) is 4.63. The zero-order valence-electron chi connectivity index (χ0n) is 39.3. The van der Waals surface area contributed by atoms with Crippen molar-refractivity contribution in [2.75, 3.05) is 61.3 Å². The molecule has 1 amide bonds. The van der Waals surface area contributed by atoms with Crippen molar-refractivity contribution in [3.63, 3.8) is 0 Å². The van der Waals surface area contributed by atoms with Crippen LogP contribution in [-0.4, -0.2) is 108 Å². The number of halogens is 1. The molecule has 5 atom stereocenters. The molecule has 3 aromatic rings. The van der Waals surface area contributed by atoms with Crippen LogP contribution >= 0.6 is 30.8 Å². The monoisotopic (exact) mass is 1050 g/mol. The van der Waals surface area contributed by atoms with Crippen LogP contribution in [0.25, 0.3) is 0 Å². The third-order valence-corrected chi connectivity index (χ3v) is 13.8. The predicted octanol–water partition coefficient (Wildman–Crippen LogP) is 5.75. The molecule has 1 aromatic heterocycles. The Morgan fingerprint density at radius 2 is 1.84 bits per heavy atom. The van der Waals surface area contributed by atoms with Gasteiger partial charge in [-0.3, -0.25) is 14.6 Å². The Bertz CT molecular complexity index is 1850. The average molecular weight is 1050 g/mol. The zero-order valence-corrected chi connectivity index (χ0v) is 48.4. The van der Waals surface area contributed by atoms with Gasteiger partial charge in [0, 0.05) is 79.0 Å². The number of rotatable bonds is 19. The van der Waals surface area contributed by atoms with Crippen LogP contribution in [0.4, 0.5) is 15.9 Å². The van der Waals surface area contributed by atoms with Gasteiger partial charge >= 0.3 is 68.9 Å². The third kappa shape index (κ3) is 19.2. The molecule has 4 unspecified atom stereocenters. The van der Waals surface area contributed by atoms with Crippen LogP contribution in [0.2, 0.25) is 0 Å². The van der Waals surface area contributed by atoms with Crippen LogP contribution in [0.1, 0.15) is 95.6 Å². The molecule has 3 saturated heterocycles. The third-order valence-electron chi connectivity index (χ3n) is 10.3. The quantitative estimate of drug-likeness (QED) is 0.0442. The molecular formula is C46H71CsFN8O4PS2. The molecule has 3 aliphatic heterocycles. The molecule has 0 aliphatic carbocycles. The van der Waals surface area contributed by atoms with Gasteiger partial charge in [-0.1, -0.05) is 54.5 Å². The number of hydrogen-bond acceptors (Lipinski definition) is 13. The largest absolute Gasteiger partial charge is 1.00 e. The second-order valence-electron chi connectivity index (χ2n) is 16.3. The molecule has 344 valence electrons. The average Bonchev–Trinajstić information content (AvgIpc) is 3.56. The number of likely N-dealkylation sites (tertiary alicyclic amines) is 1. The van der Waals surface area contributed by atoms with Gasteiger partial charge in [0.2, 0.25) is 5.88 Å². The number of nitrogens with zero attached hydrogens (tertiary/aromatic N) is 5. The number of nitrogens with two attached hydrogens (primary N) is 1. The summed E-state index contributed by atoms with van der Waals surface area (Å²) in [6.45, 7) is 17.5. The zero-order chi connectivity index (χ0) is 44.6. The normalized spacial score (nSPS) is 18.5. The molecule has 12 nitrogen and oxygen atoms in total. The van der Waals surface area contributed by atoms with E-state index in [1.807, 2.05) is 77.9 Å². The van der Waals surface area contributed by atoms with E-state index in [4.69, 9.17) is 30.2 Å². The van der Waals surface area contributed by atoms with Gasteiger partial charge in [0.1, 0.15) is 29.7 Å². The van der Waals surface area contributed by atoms with Gasteiger partial charge in [0.25, 0.3) is 5.91 Å². The number of fused-ring (bicyclic) bond motifs is 2. The number of ether oxygens (including phenoxy) is 3. The van der Waals surface area contributed by atoms with Gasteiger partial charge in [0.05, 0.1) is 23.9 Å². The molecule has 4 N–H and O–H groups in total. The number of hydrogen-bond donors (Lipinski definition) is 3. The Labute approximate surface area is 446 Å². The van der Waals surface area contributed by atoms with Crippen LogP contribution in [0, 0.1) is 24.6 Å². The molecule has 6 rings (SSSR count). The minimum atomic E-state index is -0.937. The van der Waals surface area contributed by atoms with E-state index in [2.05, 4.69) is 48.5 Å². The summed E-state index contributed by atoms with van der Waals surface area (Å²) in [6, 6.07) is 20.3. The number of aromatic nitrogens is 1. The number of likely N-dealkylation sites (N-methyl/N-ethyl adjacent to an activating group) is 1. The van der Waals surface area contributed by atoms with Crippen molar-refractivity contribution in [1.82, 2.24) is 20.1 Å². The van der Waals surface area contributed by atoms with E-state index >= 15 is 0 Å². The Morgan fingerprint density at radius 3 is 2.44 bits per heavy atom. The van der Waals surface area contributed by atoms with Crippen LogP contribution in [0.15, 0.2) is 60.7 Å². The molecule has 2 aromatic carbocycles. The first kappa shape index (κ1) is 58.0. The fourth-order valence-corrected chi connectivity index (χ4v) is 9.89. The molecule has 3 aliphatic rings. The number of nitriles is 1. The van der Waals surface area contributed by atoms with E-state index in [-0.39, 0.29) is 107 Å². The van der Waals surface area contributed by atoms with Gasteiger partial charge in [0.15, 0.2) is 0 Å². The second kappa shape index (κ2) is 28.9. The first-order valence-corrected chi connectivity index (χ1v) is 24.7. The number of pyridine rings is 1. The maximum absolute atomic E-state index is 14.4. The Morgan fingerprint density at radius 1 is 1.13 bits per heavy atom. The van der Waals surface area contributed by atoms with E-state index in [9.17, 15) is 9.18 Å². The predicted molar refractivity (Wildman–Crippen MR) is 260 cm³/mol. The number of anilines is 2. The summed E-state index contributed by atoms with van der Waals surface area (Å²) in [4.78, 5) is 25.1. The van der Waals surface area contributed by atoms with Crippen molar-refractivity contribution in [3.05, 3.63) is 90.6 Å². The first-order valence-electron chi connectivity index (χ1n) is 21.4. The Hall–Kier alpha value is -1.14. The van der Waals surface area contributed by atoms with E-state index in [1.165, 1.54) is 18.2 Å². The molecule has 0 saturated carbocycles. The topological polar surface area (TPSA) is 141 Å². The van der Waals surface area contributed by atoms with Crippen LogP contribution in [0.3, 0.4) is 0 Å². The minimum Gasteiger partial charge on any atom is -0.473 e. The minimum absolute atomic E-state index is 0. The maximum Gasteiger partial charge on any atom is 1.00 e. The van der Waals surface area contributed by atoms with E-state index < -0.39 is 17.3 Å². The number of carbonyl (C=O) groups excluding carboxylic acids is 1. The Kier molecular flexibility index (Phi) is 26.6. The van der Waals surface area contributed by atoms with Gasteiger partial charge in [-0.15, -0.1) is 9.24 Å². The molecular weight excluding hydrogens is 976 g/mol. The summed E-state index contributed by atoms with van der Waals surface area (Å²) in [5, 5.41) is 15.7. The number of nitrogens with one attached hydrogen (secondary N) is 2. The van der Waals surface area contributed by atoms with E-state index in [0.29, 0.717) is 29.1 Å². The van der Waals surface area contributed by atoms with E-state index in [0.717, 1.165) is 69.0 Å². The second-order valence-corrected chi connectivity index (χ2v) is 19.9. The van der Waals surface area contributed by atoms with Crippen molar-refractivity contribution in [2.24, 2.45) is 5.73 Å². The van der Waals surface area contributed by atoms with Crippen LogP contribution < -0.4 is 94.9 Å². The smallest absolute Gasteiger partial charge is 0.473 e. The molecule has 3 fully saturated rings. The number of carbonyl (C=O) groups is 1. The fourth-order valence-electron chi connectivity index (χ4n) is 7.50.